The molecular formula is C11H20IN3O2S. The van der Waals surface area contributed by atoms with Crippen molar-refractivity contribution in [2.24, 2.45) is 0 Å². The number of rotatable bonds is 9. The van der Waals surface area contributed by atoms with E-state index in [1.807, 2.05) is 6.92 Å². The van der Waals surface area contributed by atoms with Gasteiger partial charge in [-0.1, -0.05) is 35.4 Å². The molecule has 1 rings (SSSR count). The van der Waals surface area contributed by atoms with Gasteiger partial charge in [-0.25, -0.2) is 18.1 Å². The number of unbranched alkanes of at least 4 members (excludes halogenated alkanes) is 3. The van der Waals surface area contributed by atoms with Gasteiger partial charge in [0.25, 0.3) is 10.0 Å². The van der Waals surface area contributed by atoms with Crippen molar-refractivity contribution in [3.63, 3.8) is 0 Å². The highest BCUT2D eigenvalue weighted by Crippen LogP contribution is 2.06. The molecule has 0 aromatic carbocycles. The molecule has 0 radical (unpaired) electrons. The third kappa shape index (κ3) is 5.23. The standard InChI is InChI=1S/C11H20IN3O2S/c1-2-15-9-11(13-10-15)18(16,17)14-8-6-4-3-5-7-12/h9-10,14H,2-8H2,1H3. The van der Waals surface area contributed by atoms with Crippen LogP contribution in [0.25, 0.3) is 0 Å². The van der Waals surface area contributed by atoms with Crippen LogP contribution in [0.1, 0.15) is 32.6 Å². The minimum Gasteiger partial charge on any atom is -0.336 e. The van der Waals surface area contributed by atoms with Gasteiger partial charge in [0, 0.05) is 19.3 Å². The molecule has 0 aliphatic rings. The molecule has 1 N–H and O–H groups in total. The largest absolute Gasteiger partial charge is 0.336 e. The molecule has 0 saturated carbocycles. The Kier molecular flexibility index (Phi) is 7.16. The normalized spacial score (nSPS) is 11.9. The van der Waals surface area contributed by atoms with E-state index < -0.39 is 10.0 Å². The number of hydrogen-bond donors (Lipinski definition) is 1. The number of aryl methyl sites for hydroxylation is 1. The van der Waals surface area contributed by atoms with E-state index in [-0.39, 0.29) is 5.03 Å². The lowest BCUT2D eigenvalue weighted by molar-refractivity contribution is 0.571. The van der Waals surface area contributed by atoms with Crippen LogP contribution < -0.4 is 4.72 Å². The first kappa shape index (κ1) is 15.9. The summed E-state index contributed by atoms with van der Waals surface area (Å²) >= 11 is 2.35. The monoisotopic (exact) mass is 385 g/mol. The van der Waals surface area contributed by atoms with Gasteiger partial charge in [-0.15, -0.1) is 0 Å². The van der Waals surface area contributed by atoms with E-state index in [4.69, 9.17) is 0 Å². The lowest BCUT2D eigenvalue weighted by atomic mass is 10.2. The van der Waals surface area contributed by atoms with E-state index >= 15 is 0 Å². The van der Waals surface area contributed by atoms with Crippen LogP contribution in [-0.2, 0) is 16.6 Å². The lowest BCUT2D eigenvalue weighted by Gasteiger charge is -2.03. The molecule has 104 valence electrons. The van der Waals surface area contributed by atoms with Crippen LogP contribution in [0.4, 0.5) is 0 Å². The van der Waals surface area contributed by atoms with Gasteiger partial charge in [-0.3, -0.25) is 0 Å². The van der Waals surface area contributed by atoms with Crippen molar-refractivity contribution in [2.75, 3.05) is 11.0 Å². The van der Waals surface area contributed by atoms with Crippen molar-refractivity contribution in [2.45, 2.75) is 44.2 Å². The van der Waals surface area contributed by atoms with Gasteiger partial charge in [-0.05, 0) is 24.2 Å². The zero-order chi connectivity index (χ0) is 13.4. The molecule has 1 heterocycles. The first-order valence-corrected chi connectivity index (χ1v) is 9.18. The minimum atomic E-state index is -3.43. The molecule has 0 amide bonds. The molecule has 0 fully saturated rings. The van der Waals surface area contributed by atoms with E-state index in [1.165, 1.54) is 12.7 Å². The summed E-state index contributed by atoms with van der Waals surface area (Å²) < 4.78 is 29.2. The number of nitrogens with zero attached hydrogens (tertiary/aromatic N) is 2. The van der Waals surface area contributed by atoms with E-state index in [0.717, 1.165) is 30.2 Å². The number of hydrogen-bond acceptors (Lipinski definition) is 3. The van der Waals surface area contributed by atoms with Gasteiger partial charge in [0.1, 0.15) is 0 Å². The topological polar surface area (TPSA) is 64.0 Å². The Morgan fingerprint density at radius 1 is 1.33 bits per heavy atom. The average Bonchev–Trinajstić information content (AvgIpc) is 2.83. The van der Waals surface area contributed by atoms with Crippen LogP contribution in [0.5, 0.6) is 0 Å². The number of nitrogens with one attached hydrogen (secondary N) is 1. The Balaban J connectivity index is 2.36. The Morgan fingerprint density at radius 3 is 2.67 bits per heavy atom. The Morgan fingerprint density at radius 2 is 2.06 bits per heavy atom. The van der Waals surface area contributed by atoms with Gasteiger partial charge in [0.05, 0.1) is 6.33 Å². The summed E-state index contributed by atoms with van der Waals surface area (Å²) in [6, 6.07) is 0. The van der Waals surface area contributed by atoms with Crippen molar-refractivity contribution in [1.82, 2.24) is 14.3 Å². The third-order valence-corrected chi connectivity index (χ3v) is 4.71. The Bertz CT molecular complexity index is 445. The highest BCUT2D eigenvalue weighted by atomic mass is 127. The van der Waals surface area contributed by atoms with E-state index in [0.29, 0.717) is 6.54 Å². The SMILES string of the molecule is CCn1cnc(S(=O)(=O)NCCCCCCI)c1. The van der Waals surface area contributed by atoms with Crippen LogP contribution in [-0.4, -0.2) is 28.9 Å². The Labute approximate surface area is 123 Å². The second-order valence-electron chi connectivity index (χ2n) is 4.04. The van der Waals surface area contributed by atoms with Crippen molar-refractivity contribution >= 4 is 32.6 Å². The van der Waals surface area contributed by atoms with Gasteiger partial charge < -0.3 is 4.57 Å². The maximum atomic E-state index is 11.9. The van der Waals surface area contributed by atoms with E-state index in [9.17, 15) is 8.42 Å². The van der Waals surface area contributed by atoms with Crippen LogP contribution in [0.2, 0.25) is 0 Å². The van der Waals surface area contributed by atoms with Gasteiger partial charge >= 0.3 is 0 Å². The van der Waals surface area contributed by atoms with Crippen LogP contribution in [0, 0.1) is 0 Å². The van der Waals surface area contributed by atoms with Crippen LogP contribution >= 0.6 is 22.6 Å². The summed E-state index contributed by atoms with van der Waals surface area (Å²) in [5.74, 6) is 0. The predicted molar refractivity (Wildman–Crippen MR) is 80.4 cm³/mol. The zero-order valence-electron chi connectivity index (χ0n) is 10.6. The quantitative estimate of drug-likeness (QED) is 0.403. The number of aromatic nitrogens is 2. The second-order valence-corrected chi connectivity index (χ2v) is 6.84. The maximum absolute atomic E-state index is 11.9. The van der Waals surface area contributed by atoms with Gasteiger partial charge in [0.2, 0.25) is 0 Å². The minimum absolute atomic E-state index is 0.108. The zero-order valence-corrected chi connectivity index (χ0v) is 13.6. The fourth-order valence-corrected chi connectivity index (χ4v) is 3.07. The van der Waals surface area contributed by atoms with E-state index in [2.05, 4.69) is 32.3 Å². The second kappa shape index (κ2) is 8.11. The molecule has 0 bridgehead atoms. The highest BCUT2D eigenvalue weighted by Gasteiger charge is 2.15. The summed E-state index contributed by atoms with van der Waals surface area (Å²) in [7, 11) is -3.43. The summed E-state index contributed by atoms with van der Waals surface area (Å²) in [4.78, 5) is 3.90. The molecular weight excluding hydrogens is 365 g/mol. The number of alkyl halides is 1. The predicted octanol–water partition coefficient (Wildman–Crippen LogP) is 2.18. The van der Waals surface area contributed by atoms with E-state index in [1.54, 1.807) is 10.8 Å². The molecule has 1 aromatic rings. The van der Waals surface area contributed by atoms with Crippen LogP contribution in [0.15, 0.2) is 17.6 Å². The van der Waals surface area contributed by atoms with Crippen molar-refractivity contribution in [3.8, 4) is 0 Å². The molecule has 0 aliphatic heterocycles. The van der Waals surface area contributed by atoms with Gasteiger partial charge in [-0.2, -0.15) is 0 Å². The third-order valence-electron chi connectivity index (χ3n) is 2.60. The highest BCUT2D eigenvalue weighted by molar-refractivity contribution is 14.1. The molecule has 0 saturated heterocycles. The first-order chi connectivity index (χ1) is 8.60. The molecule has 5 nitrogen and oxygen atoms in total. The van der Waals surface area contributed by atoms with Crippen molar-refractivity contribution in [3.05, 3.63) is 12.5 Å². The van der Waals surface area contributed by atoms with Gasteiger partial charge in [0.15, 0.2) is 5.03 Å². The lowest BCUT2D eigenvalue weighted by Crippen LogP contribution is -2.25. The molecule has 18 heavy (non-hydrogen) atoms. The maximum Gasteiger partial charge on any atom is 0.259 e. The molecule has 0 atom stereocenters. The molecule has 0 unspecified atom stereocenters. The summed E-state index contributed by atoms with van der Waals surface area (Å²) in [6.07, 6.45) is 7.40. The Hall–Kier alpha value is -0.150. The fourth-order valence-electron chi connectivity index (χ4n) is 1.50. The number of sulfonamides is 1. The van der Waals surface area contributed by atoms with Crippen molar-refractivity contribution < 1.29 is 8.42 Å². The molecule has 7 heteroatoms. The fraction of sp³-hybridized carbons (Fsp3) is 0.727. The number of halogens is 1. The molecule has 0 aliphatic carbocycles. The average molecular weight is 385 g/mol. The van der Waals surface area contributed by atoms with Crippen LogP contribution in [0.3, 0.4) is 0 Å². The molecule has 0 spiro atoms. The summed E-state index contributed by atoms with van der Waals surface area (Å²) in [5, 5.41) is 0.108. The molecule has 1 aromatic heterocycles. The summed E-state index contributed by atoms with van der Waals surface area (Å²) in [6.45, 7) is 3.15. The summed E-state index contributed by atoms with van der Waals surface area (Å²) in [5.41, 5.74) is 0. The first-order valence-electron chi connectivity index (χ1n) is 6.17. The smallest absolute Gasteiger partial charge is 0.259 e. The number of imidazole rings is 1. The van der Waals surface area contributed by atoms with Crippen molar-refractivity contribution in [1.29, 1.82) is 0 Å².